The molecule has 3 N–H and O–H groups in total. The molecular formula is C18H12ClIN2O2S. The minimum atomic E-state index is -0.376. The van der Waals surface area contributed by atoms with Crippen LogP contribution in [0.15, 0.2) is 54.6 Å². The average molecular weight is 483 g/mol. The molecule has 1 amide bonds. The number of halogens is 2. The lowest BCUT2D eigenvalue weighted by Crippen LogP contribution is -2.34. The molecule has 0 heterocycles. The zero-order valence-corrected chi connectivity index (χ0v) is 16.4. The van der Waals surface area contributed by atoms with Crippen LogP contribution < -0.4 is 10.6 Å². The number of hydrogen-bond acceptors (Lipinski definition) is 3. The molecule has 0 atom stereocenters. The molecule has 0 radical (unpaired) electrons. The van der Waals surface area contributed by atoms with Crippen LogP contribution in [0.1, 0.15) is 10.4 Å². The predicted octanol–water partition coefficient (Wildman–Crippen LogP) is 4.93. The van der Waals surface area contributed by atoms with Gasteiger partial charge in [-0.15, -0.1) is 0 Å². The standard InChI is InChI=1S/C18H12ClIN2O2S/c19-15-7-4-11(20)9-14(15)17(24)22-18(25)21-16-3-1-2-10-8-12(23)5-6-13(10)16/h1-9,23H,(H2,21,22,24,25). The van der Waals surface area contributed by atoms with Crippen LogP contribution in [0.3, 0.4) is 0 Å². The Morgan fingerprint density at radius 2 is 1.92 bits per heavy atom. The number of rotatable bonds is 2. The maximum absolute atomic E-state index is 12.4. The van der Waals surface area contributed by atoms with E-state index in [1.54, 1.807) is 30.3 Å². The summed E-state index contributed by atoms with van der Waals surface area (Å²) in [4.78, 5) is 12.4. The summed E-state index contributed by atoms with van der Waals surface area (Å²) in [7, 11) is 0. The number of anilines is 1. The molecule has 25 heavy (non-hydrogen) atoms. The number of nitrogens with one attached hydrogen (secondary N) is 2. The molecule has 3 rings (SSSR count). The molecule has 0 saturated carbocycles. The maximum Gasteiger partial charge on any atom is 0.258 e. The molecule has 0 aliphatic rings. The Balaban J connectivity index is 1.79. The highest BCUT2D eigenvalue weighted by Crippen LogP contribution is 2.26. The minimum Gasteiger partial charge on any atom is -0.508 e. The van der Waals surface area contributed by atoms with Crippen LogP contribution in [0.25, 0.3) is 10.8 Å². The predicted molar refractivity (Wildman–Crippen MR) is 113 cm³/mol. The number of thiocarbonyl (C=S) groups is 1. The fraction of sp³-hybridized carbons (Fsp3) is 0. The fourth-order valence-corrected chi connectivity index (χ4v) is 3.27. The lowest BCUT2D eigenvalue weighted by atomic mass is 10.1. The summed E-state index contributed by atoms with van der Waals surface area (Å²) in [6.45, 7) is 0. The fourth-order valence-electron chi connectivity index (χ4n) is 2.38. The van der Waals surface area contributed by atoms with Crippen molar-refractivity contribution in [3.05, 3.63) is 68.8 Å². The van der Waals surface area contributed by atoms with E-state index in [1.165, 1.54) is 0 Å². The monoisotopic (exact) mass is 482 g/mol. The zero-order chi connectivity index (χ0) is 18.0. The Kier molecular flexibility index (Phi) is 5.41. The van der Waals surface area contributed by atoms with Crippen molar-refractivity contribution in [3.63, 3.8) is 0 Å². The van der Waals surface area contributed by atoms with Crippen molar-refractivity contribution in [2.75, 3.05) is 5.32 Å². The van der Waals surface area contributed by atoms with E-state index >= 15 is 0 Å². The van der Waals surface area contributed by atoms with Gasteiger partial charge in [-0.2, -0.15) is 0 Å². The molecule has 0 bridgehead atoms. The number of phenolic OH excluding ortho intramolecular Hbond substituents is 1. The van der Waals surface area contributed by atoms with Crippen molar-refractivity contribution in [3.8, 4) is 5.75 Å². The third kappa shape index (κ3) is 4.20. The number of amides is 1. The number of carbonyl (C=O) groups is 1. The van der Waals surface area contributed by atoms with E-state index in [0.29, 0.717) is 10.6 Å². The largest absolute Gasteiger partial charge is 0.508 e. The maximum atomic E-state index is 12.4. The van der Waals surface area contributed by atoms with Gasteiger partial charge in [-0.1, -0.05) is 23.7 Å². The van der Waals surface area contributed by atoms with E-state index in [9.17, 15) is 9.90 Å². The van der Waals surface area contributed by atoms with Gasteiger partial charge in [0.25, 0.3) is 5.91 Å². The van der Waals surface area contributed by atoms with Crippen molar-refractivity contribution >= 4 is 73.9 Å². The van der Waals surface area contributed by atoms with E-state index in [-0.39, 0.29) is 16.8 Å². The Hall–Kier alpha value is -1.90. The van der Waals surface area contributed by atoms with Gasteiger partial charge >= 0.3 is 0 Å². The van der Waals surface area contributed by atoms with E-state index in [0.717, 1.165) is 20.0 Å². The molecule has 3 aromatic rings. The first-order valence-corrected chi connectivity index (χ1v) is 9.09. The van der Waals surface area contributed by atoms with E-state index in [1.807, 2.05) is 24.3 Å². The lowest BCUT2D eigenvalue weighted by molar-refractivity contribution is 0.0978. The van der Waals surface area contributed by atoms with Gasteiger partial charge in [-0.25, -0.2) is 0 Å². The summed E-state index contributed by atoms with van der Waals surface area (Å²) in [5.74, 6) is -0.187. The Labute approximate surface area is 168 Å². The summed E-state index contributed by atoms with van der Waals surface area (Å²) in [5, 5.41) is 17.5. The zero-order valence-electron chi connectivity index (χ0n) is 12.7. The third-order valence-electron chi connectivity index (χ3n) is 3.51. The molecule has 0 aliphatic carbocycles. The highest BCUT2D eigenvalue weighted by atomic mass is 127. The Morgan fingerprint density at radius 1 is 1.12 bits per heavy atom. The smallest absolute Gasteiger partial charge is 0.258 e. The van der Waals surface area contributed by atoms with Crippen molar-refractivity contribution in [1.82, 2.24) is 5.32 Å². The van der Waals surface area contributed by atoms with Crippen molar-refractivity contribution < 1.29 is 9.90 Å². The normalized spacial score (nSPS) is 10.5. The van der Waals surface area contributed by atoms with Crippen LogP contribution in [0.2, 0.25) is 5.02 Å². The quantitative estimate of drug-likeness (QED) is 0.358. The molecule has 0 aromatic heterocycles. The molecule has 0 aliphatic heterocycles. The number of hydrogen-bond donors (Lipinski definition) is 3. The molecule has 0 saturated heterocycles. The first-order chi connectivity index (χ1) is 11.9. The highest BCUT2D eigenvalue weighted by molar-refractivity contribution is 14.1. The van der Waals surface area contributed by atoms with Crippen LogP contribution in [0.4, 0.5) is 5.69 Å². The number of aromatic hydroxyl groups is 1. The van der Waals surface area contributed by atoms with Gasteiger partial charge in [-0.05, 0) is 82.7 Å². The average Bonchev–Trinajstić information content (AvgIpc) is 2.56. The van der Waals surface area contributed by atoms with Crippen LogP contribution in [0, 0.1) is 3.57 Å². The van der Waals surface area contributed by atoms with Crippen LogP contribution in [-0.2, 0) is 0 Å². The molecular weight excluding hydrogens is 471 g/mol. The third-order valence-corrected chi connectivity index (χ3v) is 4.72. The van der Waals surface area contributed by atoms with E-state index in [4.69, 9.17) is 23.8 Å². The second-order valence-corrected chi connectivity index (χ2v) is 7.30. The van der Waals surface area contributed by atoms with Gasteiger partial charge in [0.2, 0.25) is 0 Å². The molecule has 0 fully saturated rings. The summed E-state index contributed by atoms with van der Waals surface area (Å²) in [6.07, 6.45) is 0. The highest BCUT2D eigenvalue weighted by Gasteiger charge is 2.13. The molecule has 126 valence electrons. The van der Waals surface area contributed by atoms with Gasteiger partial charge in [-0.3, -0.25) is 10.1 Å². The van der Waals surface area contributed by atoms with Crippen molar-refractivity contribution in [2.24, 2.45) is 0 Å². The Bertz CT molecular complexity index is 994. The van der Waals surface area contributed by atoms with E-state index in [2.05, 4.69) is 33.2 Å². The van der Waals surface area contributed by atoms with Gasteiger partial charge in [0.05, 0.1) is 10.6 Å². The first-order valence-electron chi connectivity index (χ1n) is 7.23. The van der Waals surface area contributed by atoms with Crippen molar-refractivity contribution in [1.29, 1.82) is 0 Å². The number of carbonyl (C=O) groups excluding carboxylic acids is 1. The van der Waals surface area contributed by atoms with Gasteiger partial charge < -0.3 is 10.4 Å². The summed E-state index contributed by atoms with van der Waals surface area (Å²) in [6, 6.07) is 15.8. The number of phenols is 1. The second-order valence-electron chi connectivity index (χ2n) is 5.24. The van der Waals surface area contributed by atoms with Crippen LogP contribution in [-0.4, -0.2) is 16.1 Å². The van der Waals surface area contributed by atoms with Crippen LogP contribution in [0.5, 0.6) is 5.75 Å². The molecule has 0 spiro atoms. The van der Waals surface area contributed by atoms with Gasteiger partial charge in [0.1, 0.15) is 5.75 Å². The molecule has 3 aromatic carbocycles. The topological polar surface area (TPSA) is 61.4 Å². The number of benzene rings is 3. The molecule has 4 nitrogen and oxygen atoms in total. The minimum absolute atomic E-state index is 0.167. The lowest BCUT2D eigenvalue weighted by Gasteiger charge is -2.12. The van der Waals surface area contributed by atoms with Gasteiger partial charge in [0, 0.05) is 14.6 Å². The molecule has 0 unspecified atom stereocenters. The van der Waals surface area contributed by atoms with E-state index < -0.39 is 0 Å². The van der Waals surface area contributed by atoms with Crippen molar-refractivity contribution in [2.45, 2.75) is 0 Å². The molecule has 7 heteroatoms. The Morgan fingerprint density at radius 3 is 2.72 bits per heavy atom. The van der Waals surface area contributed by atoms with Gasteiger partial charge in [0.15, 0.2) is 5.11 Å². The summed E-state index contributed by atoms with van der Waals surface area (Å²) < 4.78 is 0.903. The second kappa shape index (κ2) is 7.55. The summed E-state index contributed by atoms with van der Waals surface area (Å²) in [5.41, 5.74) is 1.09. The SMILES string of the molecule is O=C(NC(=S)Nc1cccc2cc(O)ccc12)c1cc(I)ccc1Cl. The summed E-state index contributed by atoms with van der Waals surface area (Å²) >= 11 is 13.4. The number of fused-ring (bicyclic) bond motifs is 1. The van der Waals surface area contributed by atoms with Crippen LogP contribution >= 0.6 is 46.4 Å². The first kappa shape index (κ1) is 17.9.